The molecule has 18 heavy (non-hydrogen) atoms. The van der Waals surface area contributed by atoms with Crippen molar-refractivity contribution in [3.63, 3.8) is 0 Å². The van der Waals surface area contributed by atoms with Crippen molar-refractivity contribution in [2.45, 2.75) is 32.2 Å². The lowest BCUT2D eigenvalue weighted by molar-refractivity contribution is -0.383. The molecule has 0 amide bonds. The Balaban J connectivity index is 2.92. The van der Waals surface area contributed by atoms with Gasteiger partial charge in [0.1, 0.15) is 10.7 Å². The van der Waals surface area contributed by atoms with E-state index in [2.05, 4.69) is 5.32 Å². The van der Waals surface area contributed by atoms with Gasteiger partial charge < -0.3 is 11.1 Å². The molecule has 1 aromatic carbocycles. The summed E-state index contributed by atoms with van der Waals surface area (Å²) in [6, 6.07) is 4.81. The van der Waals surface area contributed by atoms with E-state index >= 15 is 0 Å². The molecule has 6 heteroatoms. The zero-order valence-corrected chi connectivity index (χ0v) is 11.3. The number of para-hydroxylation sites is 1. The molecule has 0 fully saturated rings. The van der Waals surface area contributed by atoms with Gasteiger partial charge in [-0.3, -0.25) is 10.1 Å². The van der Waals surface area contributed by atoms with Crippen LogP contribution in [0.1, 0.15) is 26.7 Å². The van der Waals surface area contributed by atoms with Crippen molar-refractivity contribution < 1.29 is 4.92 Å². The molecule has 0 radical (unpaired) electrons. The Labute approximate surface area is 111 Å². The second-order valence-electron chi connectivity index (χ2n) is 4.32. The molecule has 5 nitrogen and oxygen atoms in total. The summed E-state index contributed by atoms with van der Waals surface area (Å²) in [5, 5.41) is 14.1. The Morgan fingerprint density at radius 3 is 2.56 bits per heavy atom. The standard InChI is InChI=1S/C12H18ClN3O2/c1-3-12(14,4-2)8-15-10-7-5-6-9(13)11(10)16(17)18/h5-7,15H,3-4,8,14H2,1-2H3. The van der Waals surface area contributed by atoms with Crippen LogP contribution in [0, 0.1) is 10.1 Å². The number of nitro benzene ring substituents is 1. The molecule has 0 aromatic heterocycles. The van der Waals surface area contributed by atoms with Crippen LogP contribution in [0.3, 0.4) is 0 Å². The normalized spacial score (nSPS) is 11.3. The molecular formula is C12H18ClN3O2. The molecule has 1 aromatic rings. The predicted molar refractivity (Wildman–Crippen MR) is 74.1 cm³/mol. The fourth-order valence-electron chi connectivity index (χ4n) is 1.61. The van der Waals surface area contributed by atoms with Crippen LogP contribution < -0.4 is 11.1 Å². The maximum atomic E-state index is 11.0. The first kappa shape index (κ1) is 14.7. The highest BCUT2D eigenvalue weighted by Gasteiger charge is 2.23. The van der Waals surface area contributed by atoms with Crippen molar-refractivity contribution in [1.29, 1.82) is 0 Å². The number of nitrogens with zero attached hydrogens (tertiary/aromatic N) is 1. The van der Waals surface area contributed by atoms with E-state index in [1.54, 1.807) is 12.1 Å². The zero-order valence-electron chi connectivity index (χ0n) is 10.6. The first-order valence-electron chi connectivity index (χ1n) is 5.89. The summed E-state index contributed by atoms with van der Waals surface area (Å²) >= 11 is 5.83. The van der Waals surface area contributed by atoms with Gasteiger partial charge in [0.25, 0.3) is 0 Å². The predicted octanol–water partition coefficient (Wildman–Crippen LogP) is 3.18. The number of anilines is 1. The Morgan fingerprint density at radius 1 is 1.44 bits per heavy atom. The molecule has 0 aliphatic rings. The zero-order chi connectivity index (χ0) is 13.8. The van der Waals surface area contributed by atoms with Gasteiger partial charge in [0.05, 0.1) is 4.92 Å². The van der Waals surface area contributed by atoms with Crippen LogP contribution in [-0.2, 0) is 0 Å². The van der Waals surface area contributed by atoms with E-state index in [-0.39, 0.29) is 16.2 Å². The maximum Gasteiger partial charge on any atom is 0.310 e. The minimum Gasteiger partial charge on any atom is -0.378 e. The van der Waals surface area contributed by atoms with Crippen molar-refractivity contribution in [2.75, 3.05) is 11.9 Å². The number of hydrogen-bond acceptors (Lipinski definition) is 4. The van der Waals surface area contributed by atoms with Gasteiger partial charge in [-0.2, -0.15) is 0 Å². The Kier molecular flexibility index (Phi) is 4.93. The van der Waals surface area contributed by atoms with E-state index in [1.807, 2.05) is 13.8 Å². The first-order valence-corrected chi connectivity index (χ1v) is 6.27. The van der Waals surface area contributed by atoms with E-state index < -0.39 is 4.92 Å². The molecule has 0 spiro atoms. The fourth-order valence-corrected chi connectivity index (χ4v) is 1.86. The van der Waals surface area contributed by atoms with Crippen molar-refractivity contribution in [2.24, 2.45) is 5.73 Å². The van der Waals surface area contributed by atoms with Gasteiger partial charge in [-0.25, -0.2) is 0 Å². The third-order valence-corrected chi connectivity index (χ3v) is 3.51. The molecule has 0 heterocycles. The van der Waals surface area contributed by atoms with Crippen LogP contribution in [0.2, 0.25) is 5.02 Å². The minimum absolute atomic E-state index is 0.103. The van der Waals surface area contributed by atoms with Gasteiger partial charge in [0, 0.05) is 12.1 Å². The Hall–Kier alpha value is -1.33. The maximum absolute atomic E-state index is 11.0. The molecule has 0 bridgehead atoms. The highest BCUT2D eigenvalue weighted by molar-refractivity contribution is 6.33. The van der Waals surface area contributed by atoms with Gasteiger partial charge in [-0.1, -0.05) is 31.5 Å². The number of nitrogens with one attached hydrogen (secondary N) is 1. The molecule has 0 unspecified atom stereocenters. The average Bonchev–Trinajstić information content (AvgIpc) is 2.35. The van der Waals surface area contributed by atoms with Crippen LogP contribution >= 0.6 is 11.6 Å². The van der Waals surface area contributed by atoms with Gasteiger partial charge in [0.15, 0.2) is 0 Å². The van der Waals surface area contributed by atoms with Gasteiger partial charge in [0.2, 0.25) is 0 Å². The summed E-state index contributed by atoms with van der Waals surface area (Å²) in [7, 11) is 0. The number of benzene rings is 1. The second-order valence-corrected chi connectivity index (χ2v) is 4.72. The molecule has 100 valence electrons. The lowest BCUT2D eigenvalue weighted by Crippen LogP contribution is -2.45. The quantitative estimate of drug-likeness (QED) is 0.615. The summed E-state index contributed by atoms with van der Waals surface area (Å²) in [4.78, 5) is 10.5. The fraction of sp³-hybridized carbons (Fsp3) is 0.500. The molecular weight excluding hydrogens is 254 g/mol. The van der Waals surface area contributed by atoms with Crippen LogP contribution in [0.25, 0.3) is 0 Å². The van der Waals surface area contributed by atoms with E-state index in [0.29, 0.717) is 12.2 Å². The lowest BCUT2D eigenvalue weighted by atomic mass is 9.94. The second kappa shape index (κ2) is 6.02. The smallest absolute Gasteiger partial charge is 0.310 e. The van der Waals surface area contributed by atoms with E-state index in [9.17, 15) is 10.1 Å². The van der Waals surface area contributed by atoms with Crippen molar-refractivity contribution in [1.82, 2.24) is 0 Å². The molecule has 0 saturated heterocycles. The van der Waals surface area contributed by atoms with E-state index in [0.717, 1.165) is 12.8 Å². The Bertz CT molecular complexity index is 433. The number of hydrogen-bond donors (Lipinski definition) is 2. The minimum atomic E-state index is -0.485. The average molecular weight is 272 g/mol. The number of halogens is 1. The van der Waals surface area contributed by atoms with Crippen LogP contribution in [0.5, 0.6) is 0 Å². The lowest BCUT2D eigenvalue weighted by Gasteiger charge is -2.27. The van der Waals surface area contributed by atoms with Crippen LogP contribution in [0.15, 0.2) is 18.2 Å². The third-order valence-electron chi connectivity index (χ3n) is 3.21. The van der Waals surface area contributed by atoms with Crippen molar-refractivity contribution in [3.8, 4) is 0 Å². The summed E-state index contributed by atoms with van der Waals surface area (Å²) in [5.41, 5.74) is 6.08. The molecule has 1 rings (SSSR count). The van der Waals surface area contributed by atoms with Gasteiger partial charge in [-0.05, 0) is 25.0 Å². The van der Waals surface area contributed by atoms with E-state index in [4.69, 9.17) is 17.3 Å². The number of nitro groups is 1. The summed E-state index contributed by atoms with van der Waals surface area (Å²) in [6.07, 6.45) is 1.59. The highest BCUT2D eigenvalue weighted by atomic mass is 35.5. The van der Waals surface area contributed by atoms with Crippen molar-refractivity contribution >= 4 is 23.0 Å². The molecule has 0 atom stereocenters. The van der Waals surface area contributed by atoms with E-state index in [1.165, 1.54) is 6.07 Å². The summed E-state index contributed by atoms with van der Waals surface area (Å²) in [5.74, 6) is 0. The van der Waals surface area contributed by atoms with Gasteiger partial charge in [-0.15, -0.1) is 0 Å². The molecule has 3 N–H and O–H groups in total. The monoisotopic (exact) mass is 271 g/mol. The highest BCUT2D eigenvalue weighted by Crippen LogP contribution is 2.32. The largest absolute Gasteiger partial charge is 0.378 e. The topological polar surface area (TPSA) is 81.2 Å². The number of nitrogens with two attached hydrogens (primary N) is 1. The Morgan fingerprint density at radius 2 is 2.06 bits per heavy atom. The third kappa shape index (κ3) is 3.34. The molecule has 0 saturated carbocycles. The SMILES string of the molecule is CCC(N)(CC)CNc1cccc(Cl)c1[N+](=O)[O-]. The van der Waals surface area contributed by atoms with Crippen LogP contribution in [-0.4, -0.2) is 17.0 Å². The summed E-state index contributed by atoms with van der Waals surface area (Å²) in [6.45, 7) is 4.47. The molecule has 0 aliphatic heterocycles. The summed E-state index contributed by atoms with van der Waals surface area (Å²) < 4.78 is 0. The van der Waals surface area contributed by atoms with Crippen LogP contribution in [0.4, 0.5) is 11.4 Å². The van der Waals surface area contributed by atoms with Gasteiger partial charge >= 0.3 is 5.69 Å². The number of rotatable bonds is 6. The van der Waals surface area contributed by atoms with Crippen molar-refractivity contribution in [3.05, 3.63) is 33.3 Å². The first-order chi connectivity index (χ1) is 8.43. The molecule has 0 aliphatic carbocycles.